The van der Waals surface area contributed by atoms with Crippen LogP contribution < -0.4 is 0 Å². The molecule has 15 heavy (non-hydrogen) atoms. The van der Waals surface area contributed by atoms with Gasteiger partial charge < -0.3 is 5.11 Å². The smallest absolute Gasteiger partial charge is 0.336 e. The highest BCUT2D eigenvalue weighted by Gasteiger charge is 2.09. The summed E-state index contributed by atoms with van der Waals surface area (Å²) in [5, 5.41) is 10.8. The van der Waals surface area contributed by atoms with E-state index in [-0.39, 0.29) is 17.4 Å². The number of carboxylic acids is 1. The summed E-state index contributed by atoms with van der Waals surface area (Å²) in [5.41, 5.74) is 0.368. The summed E-state index contributed by atoms with van der Waals surface area (Å²) in [6.07, 6.45) is 0. The van der Waals surface area contributed by atoms with Gasteiger partial charge in [-0.05, 0) is 40.1 Å². The zero-order valence-corrected chi connectivity index (χ0v) is 9.36. The lowest BCUT2D eigenvalue weighted by molar-refractivity contribution is 0.0699. The summed E-state index contributed by atoms with van der Waals surface area (Å²) < 4.78 is 0.970. The molecule has 0 aromatic heterocycles. The molecule has 0 saturated heterocycles. The van der Waals surface area contributed by atoms with Gasteiger partial charge in [0.2, 0.25) is 0 Å². The van der Waals surface area contributed by atoms with E-state index in [1.54, 1.807) is 12.1 Å². The first-order chi connectivity index (χ1) is 6.70. The molecule has 2 rings (SSSR count). The van der Waals surface area contributed by atoms with Gasteiger partial charge in [0.15, 0.2) is 17.4 Å². The Morgan fingerprint density at radius 3 is 2.33 bits per heavy atom. The molecule has 0 heterocycles. The third kappa shape index (κ3) is 2.33. The van der Waals surface area contributed by atoms with E-state index in [4.69, 9.17) is 5.11 Å². The van der Waals surface area contributed by atoms with Crippen LogP contribution in [0.4, 0.5) is 0 Å². The Labute approximate surface area is 112 Å². The van der Waals surface area contributed by atoms with Crippen LogP contribution in [0, 0.1) is 3.57 Å². The number of hydrogen-bond acceptors (Lipinski definition) is 1. The van der Waals surface area contributed by atoms with Crippen LogP contribution in [0.15, 0.2) is 36.4 Å². The van der Waals surface area contributed by atoms with Crippen molar-refractivity contribution < 1.29 is 9.90 Å². The molecular weight excluding hydrogens is 318 g/mol. The molecule has 2 aromatic rings. The molecule has 0 aliphatic heterocycles. The van der Waals surface area contributed by atoms with Crippen LogP contribution in [-0.2, 0) is 0 Å². The summed E-state index contributed by atoms with van der Waals surface area (Å²) >= 11 is 2.15. The van der Waals surface area contributed by atoms with Crippen LogP contribution in [0.2, 0.25) is 0 Å². The summed E-state index contributed by atoms with van der Waals surface area (Å²) in [6, 6.07) is 11.1. The van der Waals surface area contributed by atoms with Crippen LogP contribution in [-0.4, -0.2) is 28.4 Å². The molecule has 1 N–H and O–H groups in total. The van der Waals surface area contributed by atoms with Gasteiger partial charge in [0.1, 0.15) is 0 Å². The first-order valence-corrected chi connectivity index (χ1v) is 5.18. The molecule has 2 nitrogen and oxygen atoms in total. The molecule has 0 atom stereocenters. The van der Waals surface area contributed by atoms with Crippen LogP contribution in [0.5, 0.6) is 0 Å². The average molecular weight is 328 g/mol. The number of rotatable bonds is 1. The highest BCUT2D eigenvalue weighted by atomic mass is 127. The first-order valence-electron chi connectivity index (χ1n) is 4.10. The lowest BCUT2D eigenvalue weighted by Gasteiger charge is -2.03. The molecule has 0 bridgehead atoms. The van der Waals surface area contributed by atoms with E-state index in [1.807, 2.05) is 24.3 Å². The monoisotopic (exact) mass is 328 g/mol. The number of hydrogen-bond donors (Lipinski definition) is 1. The lowest BCUT2D eigenvalue weighted by atomic mass is 10.1. The second-order valence-electron chi connectivity index (χ2n) is 2.95. The molecule has 0 saturated carbocycles. The van der Waals surface area contributed by atoms with Crippen LogP contribution in [0.1, 0.15) is 10.4 Å². The van der Waals surface area contributed by atoms with Crippen molar-refractivity contribution in [3.8, 4) is 0 Å². The second kappa shape index (κ2) is 4.97. The molecule has 0 aliphatic rings. The van der Waals surface area contributed by atoms with Gasteiger partial charge in [-0.2, -0.15) is 0 Å². The third-order valence-corrected chi connectivity index (χ3v) is 2.98. The number of fused-ring (bicyclic) bond motifs is 1. The first kappa shape index (κ1) is 12.5. The Kier molecular flexibility index (Phi) is 4.14. The molecule has 0 aliphatic carbocycles. The predicted molar refractivity (Wildman–Crippen MR) is 73.6 cm³/mol. The fourth-order valence-corrected chi connectivity index (χ4v) is 2.28. The Morgan fingerprint density at radius 1 is 1.13 bits per heavy atom. The molecule has 76 valence electrons. The Bertz CT molecular complexity index is 506. The minimum absolute atomic E-state index is 0. The largest absolute Gasteiger partial charge is 0.478 e. The normalized spacial score (nSPS) is 9.67. The summed E-state index contributed by atoms with van der Waals surface area (Å²) in [5.74, 6) is -0.875. The van der Waals surface area contributed by atoms with Gasteiger partial charge in [-0.25, -0.2) is 4.79 Å². The Hall–Kier alpha value is -0.568. The molecule has 4 heteroatoms. The second-order valence-corrected chi connectivity index (χ2v) is 4.11. The van der Waals surface area contributed by atoms with Crippen molar-refractivity contribution in [2.24, 2.45) is 0 Å². The average Bonchev–Trinajstić information content (AvgIpc) is 2.17. The van der Waals surface area contributed by atoms with Gasteiger partial charge >= 0.3 is 5.97 Å². The highest BCUT2D eigenvalue weighted by molar-refractivity contribution is 14.1. The van der Waals surface area contributed by atoms with E-state index in [9.17, 15) is 4.79 Å². The quantitative estimate of drug-likeness (QED) is 0.642. The van der Waals surface area contributed by atoms with Gasteiger partial charge in [-0.3, -0.25) is 0 Å². The van der Waals surface area contributed by atoms with Crippen LogP contribution in [0.25, 0.3) is 10.8 Å². The molecule has 0 unspecified atom stereocenters. The highest BCUT2D eigenvalue weighted by Crippen LogP contribution is 2.24. The molecule has 0 fully saturated rings. The van der Waals surface area contributed by atoms with Crippen molar-refractivity contribution in [2.45, 2.75) is 0 Å². The maximum Gasteiger partial charge on any atom is 0.336 e. The number of carboxylic acid groups (broad SMARTS) is 1. The predicted octanol–water partition coefficient (Wildman–Crippen LogP) is 1.96. The maximum absolute atomic E-state index is 11.0. The van der Waals surface area contributed by atoms with Gasteiger partial charge in [-0.1, -0.05) is 24.3 Å². The maximum atomic E-state index is 11.0. The summed E-state index contributed by atoms with van der Waals surface area (Å²) in [6.45, 7) is 0. The number of benzene rings is 2. The van der Waals surface area contributed by atoms with Crippen molar-refractivity contribution in [3.63, 3.8) is 0 Å². The van der Waals surface area contributed by atoms with E-state index >= 15 is 0 Å². The van der Waals surface area contributed by atoms with Crippen LogP contribution >= 0.6 is 22.6 Å². The molecular formula is C11H10AlIO2. The zero-order valence-electron chi connectivity index (χ0n) is 7.20. The van der Waals surface area contributed by atoms with E-state index in [0.717, 1.165) is 14.3 Å². The van der Waals surface area contributed by atoms with Gasteiger partial charge in [0.25, 0.3) is 0 Å². The lowest BCUT2D eigenvalue weighted by Crippen LogP contribution is -1.98. The molecule has 0 spiro atoms. The third-order valence-electron chi connectivity index (χ3n) is 2.08. The SMILES string of the molecule is O=C(O)c1cccc2cccc(I)c12.[AlH3]. The fraction of sp³-hybridized carbons (Fsp3) is 0. The standard InChI is InChI=1S/C11H7IO2.Al.3H/c12-9-6-2-4-7-3-1-5-8(10(7)9)11(13)14;;;;/h1-6H,(H,13,14);;;;. The van der Waals surface area contributed by atoms with Crippen molar-refractivity contribution >= 4 is 56.7 Å². The van der Waals surface area contributed by atoms with Gasteiger partial charge in [-0.15, -0.1) is 0 Å². The minimum Gasteiger partial charge on any atom is -0.478 e. The molecule has 0 radical (unpaired) electrons. The van der Waals surface area contributed by atoms with Crippen molar-refractivity contribution in [1.82, 2.24) is 0 Å². The number of carbonyl (C=O) groups is 1. The zero-order chi connectivity index (χ0) is 10.1. The topological polar surface area (TPSA) is 37.3 Å². The summed E-state index contributed by atoms with van der Waals surface area (Å²) in [7, 11) is 0. The van der Waals surface area contributed by atoms with Crippen molar-refractivity contribution in [3.05, 3.63) is 45.5 Å². The van der Waals surface area contributed by atoms with Gasteiger partial charge in [0, 0.05) is 8.96 Å². The Morgan fingerprint density at radius 2 is 1.73 bits per heavy atom. The number of aromatic carboxylic acids is 1. The fourth-order valence-electron chi connectivity index (χ4n) is 1.47. The Balaban J connectivity index is 0.00000112. The van der Waals surface area contributed by atoms with E-state index in [2.05, 4.69) is 22.6 Å². The van der Waals surface area contributed by atoms with E-state index < -0.39 is 5.97 Å². The van der Waals surface area contributed by atoms with Crippen molar-refractivity contribution in [1.29, 1.82) is 0 Å². The summed E-state index contributed by atoms with van der Waals surface area (Å²) in [4.78, 5) is 11.0. The van der Waals surface area contributed by atoms with Crippen molar-refractivity contribution in [2.75, 3.05) is 0 Å². The van der Waals surface area contributed by atoms with E-state index in [0.29, 0.717) is 5.56 Å². The molecule has 2 aromatic carbocycles. The van der Waals surface area contributed by atoms with Crippen LogP contribution in [0.3, 0.4) is 0 Å². The molecule has 0 amide bonds. The minimum atomic E-state index is -0.875. The van der Waals surface area contributed by atoms with Gasteiger partial charge in [0.05, 0.1) is 5.56 Å². The van der Waals surface area contributed by atoms with E-state index in [1.165, 1.54) is 0 Å². The number of halogens is 1.